The Morgan fingerprint density at radius 2 is 2.00 bits per heavy atom. The van der Waals surface area contributed by atoms with Crippen LogP contribution in [0, 0.1) is 5.41 Å². The summed E-state index contributed by atoms with van der Waals surface area (Å²) in [6, 6.07) is 0. The summed E-state index contributed by atoms with van der Waals surface area (Å²) in [5.41, 5.74) is -0.407. The van der Waals surface area contributed by atoms with Crippen LogP contribution in [0.4, 0.5) is 0 Å². The van der Waals surface area contributed by atoms with Gasteiger partial charge >= 0.3 is 0 Å². The van der Waals surface area contributed by atoms with E-state index in [1.54, 1.807) is 0 Å². The molecule has 4 nitrogen and oxygen atoms in total. The lowest BCUT2D eigenvalue weighted by molar-refractivity contribution is -0.156. The van der Waals surface area contributed by atoms with E-state index >= 15 is 0 Å². The van der Waals surface area contributed by atoms with Gasteiger partial charge in [0.25, 0.3) is 0 Å². The molecule has 0 bridgehead atoms. The standard InChI is InChI=1S/C15H27NO3/c1-14(2)10-16(8-13(9-17)19-14)11-15(12-18)6-4-3-5-7-15/h12-13,17H,3-11H2,1-2H3. The van der Waals surface area contributed by atoms with E-state index in [1.807, 2.05) is 0 Å². The van der Waals surface area contributed by atoms with Crippen molar-refractivity contribution >= 4 is 6.29 Å². The SMILES string of the molecule is CC1(C)CN(CC2(C=O)CCCCC2)CC(CO)O1. The molecule has 110 valence electrons. The van der Waals surface area contributed by atoms with Gasteiger partial charge in [-0.3, -0.25) is 4.90 Å². The van der Waals surface area contributed by atoms with Crippen LogP contribution in [0.5, 0.6) is 0 Å². The van der Waals surface area contributed by atoms with E-state index in [9.17, 15) is 9.90 Å². The third-order valence-electron chi connectivity index (χ3n) is 4.39. The third kappa shape index (κ3) is 3.77. The van der Waals surface area contributed by atoms with Gasteiger partial charge in [-0.25, -0.2) is 0 Å². The molecule has 0 amide bonds. The van der Waals surface area contributed by atoms with Gasteiger partial charge in [-0.2, -0.15) is 0 Å². The van der Waals surface area contributed by atoms with Gasteiger partial charge in [0, 0.05) is 25.0 Å². The van der Waals surface area contributed by atoms with E-state index in [1.165, 1.54) is 12.7 Å². The Kier molecular flexibility index (Phi) is 4.64. The van der Waals surface area contributed by atoms with E-state index < -0.39 is 0 Å². The minimum absolute atomic E-state index is 0.0496. The van der Waals surface area contributed by atoms with Crippen LogP contribution in [0.1, 0.15) is 46.0 Å². The zero-order chi connectivity index (χ0) is 13.9. The zero-order valence-corrected chi connectivity index (χ0v) is 12.2. The summed E-state index contributed by atoms with van der Waals surface area (Å²) in [7, 11) is 0. The summed E-state index contributed by atoms with van der Waals surface area (Å²) >= 11 is 0. The van der Waals surface area contributed by atoms with Gasteiger partial charge in [0.2, 0.25) is 0 Å². The van der Waals surface area contributed by atoms with Crippen LogP contribution in [0.15, 0.2) is 0 Å². The van der Waals surface area contributed by atoms with Gasteiger partial charge in [-0.05, 0) is 26.7 Å². The number of rotatable bonds is 4. The van der Waals surface area contributed by atoms with Crippen molar-refractivity contribution in [2.24, 2.45) is 5.41 Å². The lowest BCUT2D eigenvalue weighted by Crippen LogP contribution is -2.56. The number of hydrogen-bond acceptors (Lipinski definition) is 4. The number of hydrogen-bond donors (Lipinski definition) is 1. The summed E-state index contributed by atoms with van der Waals surface area (Å²) < 4.78 is 5.83. The maximum atomic E-state index is 11.6. The highest BCUT2D eigenvalue weighted by atomic mass is 16.5. The summed E-state index contributed by atoms with van der Waals surface area (Å²) in [6.07, 6.45) is 6.66. The fourth-order valence-electron chi connectivity index (χ4n) is 3.65. The lowest BCUT2D eigenvalue weighted by atomic mass is 9.74. The molecule has 1 saturated heterocycles. The highest BCUT2D eigenvalue weighted by molar-refractivity contribution is 5.60. The number of ether oxygens (including phenoxy) is 1. The molecule has 0 radical (unpaired) electrons. The van der Waals surface area contributed by atoms with Crippen molar-refractivity contribution < 1.29 is 14.6 Å². The Labute approximate surface area is 116 Å². The molecule has 2 rings (SSSR count). The van der Waals surface area contributed by atoms with E-state index in [4.69, 9.17) is 4.74 Å². The third-order valence-corrected chi connectivity index (χ3v) is 4.39. The Bertz CT molecular complexity index is 311. The predicted octanol–water partition coefficient (Wildman–Crippen LogP) is 1.61. The van der Waals surface area contributed by atoms with Crippen molar-refractivity contribution in [3.05, 3.63) is 0 Å². The average Bonchev–Trinajstić information content (AvgIpc) is 2.38. The van der Waals surface area contributed by atoms with Crippen LogP contribution in [0.3, 0.4) is 0 Å². The van der Waals surface area contributed by atoms with Crippen LogP contribution in [0.25, 0.3) is 0 Å². The molecule has 1 aliphatic heterocycles. The zero-order valence-electron chi connectivity index (χ0n) is 12.2. The van der Waals surface area contributed by atoms with Crippen molar-refractivity contribution in [3.63, 3.8) is 0 Å². The summed E-state index contributed by atoms with van der Waals surface area (Å²) in [5, 5.41) is 9.35. The van der Waals surface area contributed by atoms with Crippen molar-refractivity contribution in [1.29, 1.82) is 0 Å². The Morgan fingerprint density at radius 3 is 2.58 bits per heavy atom. The maximum Gasteiger partial charge on any atom is 0.127 e. The predicted molar refractivity (Wildman–Crippen MR) is 74.1 cm³/mol. The second kappa shape index (κ2) is 5.90. The number of carbonyl (C=O) groups is 1. The molecule has 0 spiro atoms. The smallest absolute Gasteiger partial charge is 0.127 e. The Hall–Kier alpha value is -0.450. The lowest BCUT2D eigenvalue weighted by Gasteiger charge is -2.45. The molecular formula is C15H27NO3. The van der Waals surface area contributed by atoms with Crippen molar-refractivity contribution in [2.45, 2.75) is 57.7 Å². The molecule has 1 heterocycles. The summed E-state index contributed by atoms with van der Waals surface area (Å²) in [6.45, 7) is 6.54. The Morgan fingerprint density at radius 1 is 1.32 bits per heavy atom. The minimum atomic E-state index is -0.246. The summed E-state index contributed by atoms with van der Waals surface area (Å²) in [5.74, 6) is 0. The van der Waals surface area contributed by atoms with Crippen LogP contribution >= 0.6 is 0 Å². The van der Waals surface area contributed by atoms with Gasteiger partial charge in [-0.15, -0.1) is 0 Å². The van der Waals surface area contributed by atoms with E-state index in [-0.39, 0.29) is 23.7 Å². The number of morpholine rings is 1. The maximum absolute atomic E-state index is 11.6. The molecule has 1 N–H and O–H groups in total. The first-order valence-corrected chi connectivity index (χ1v) is 7.46. The number of nitrogens with zero attached hydrogens (tertiary/aromatic N) is 1. The van der Waals surface area contributed by atoms with Gasteiger partial charge in [-0.1, -0.05) is 19.3 Å². The molecule has 19 heavy (non-hydrogen) atoms. The average molecular weight is 269 g/mol. The second-order valence-corrected chi connectivity index (χ2v) is 6.89. The number of carbonyl (C=O) groups excluding carboxylic acids is 1. The molecule has 1 aliphatic carbocycles. The second-order valence-electron chi connectivity index (χ2n) is 6.89. The molecule has 1 atom stereocenters. The van der Waals surface area contributed by atoms with E-state index in [0.717, 1.165) is 45.3 Å². The minimum Gasteiger partial charge on any atom is -0.394 e. The van der Waals surface area contributed by atoms with Crippen molar-refractivity contribution in [2.75, 3.05) is 26.2 Å². The van der Waals surface area contributed by atoms with E-state index in [2.05, 4.69) is 18.7 Å². The largest absolute Gasteiger partial charge is 0.394 e. The first-order valence-electron chi connectivity index (χ1n) is 7.46. The molecule has 0 aromatic rings. The van der Waals surface area contributed by atoms with Crippen molar-refractivity contribution in [3.8, 4) is 0 Å². The highest BCUT2D eigenvalue weighted by Gasteiger charge is 2.39. The molecule has 1 unspecified atom stereocenters. The number of aliphatic hydroxyl groups is 1. The fraction of sp³-hybridized carbons (Fsp3) is 0.933. The van der Waals surface area contributed by atoms with Gasteiger partial charge < -0.3 is 14.6 Å². The molecule has 2 fully saturated rings. The van der Waals surface area contributed by atoms with Crippen LogP contribution in [-0.2, 0) is 9.53 Å². The van der Waals surface area contributed by atoms with Crippen LogP contribution < -0.4 is 0 Å². The molecular weight excluding hydrogens is 242 g/mol. The molecule has 0 aromatic carbocycles. The monoisotopic (exact) mass is 269 g/mol. The van der Waals surface area contributed by atoms with Gasteiger partial charge in [0.05, 0.1) is 18.3 Å². The normalized spacial score (nSPS) is 31.0. The first kappa shape index (κ1) is 14.9. The van der Waals surface area contributed by atoms with Gasteiger partial charge in [0.15, 0.2) is 0 Å². The molecule has 2 aliphatic rings. The molecule has 0 aromatic heterocycles. The van der Waals surface area contributed by atoms with Gasteiger partial charge in [0.1, 0.15) is 6.29 Å². The Balaban J connectivity index is 2.02. The summed E-state index contributed by atoms with van der Waals surface area (Å²) in [4.78, 5) is 13.9. The van der Waals surface area contributed by atoms with Crippen LogP contribution in [0.2, 0.25) is 0 Å². The van der Waals surface area contributed by atoms with Crippen LogP contribution in [-0.4, -0.2) is 54.2 Å². The highest BCUT2D eigenvalue weighted by Crippen LogP contribution is 2.36. The number of aldehydes is 1. The van der Waals surface area contributed by atoms with Crippen molar-refractivity contribution in [1.82, 2.24) is 4.90 Å². The molecule has 4 heteroatoms. The quantitative estimate of drug-likeness (QED) is 0.788. The fourth-order valence-corrected chi connectivity index (χ4v) is 3.65. The molecule has 1 saturated carbocycles. The van der Waals surface area contributed by atoms with E-state index in [0.29, 0.717) is 0 Å². The topological polar surface area (TPSA) is 49.8 Å². The number of aliphatic hydroxyl groups excluding tert-OH is 1. The first-order chi connectivity index (χ1) is 8.99.